The molecule has 0 unspecified atom stereocenters. The normalized spacial score (nSPS) is 11.2. The second-order valence-corrected chi connectivity index (χ2v) is 9.26. The van der Waals surface area contributed by atoms with Crippen LogP contribution in [0.15, 0.2) is 69.4 Å². The number of thioether (sulfide) groups is 1. The molecule has 0 aliphatic carbocycles. The van der Waals surface area contributed by atoms with E-state index in [0.717, 1.165) is 44.2 Å². The molecule has 1 amide bonds. The van der Waals surface area contributed by atoms with Gasteiger partial charge in [-0.3, -0.25) is 10.1 Å². The van der Waals surface area contributed by atoms with Crippen molar-refractivity contribution in [3.8, 4) is 11.3 Å². The highest BCUT2D eigenvalue weighted by Crippen LogP contribution is 2.34. The molecule has 5 aromatic rings. The van der Waals surface area contributed by atoms with Crippen molar-refractivity contribution in [3.63, 3.8) is 0 Å². The maximum atomic E-state index is 13.0. The third kappa shape index (κ3) is 4.06. The summed E-state index contributed by atoms with van der Waals surface area (Å²) >= 11 is 2.96. The molecule has 3 aromatic heterocycles. The number of rotatable bonds is 6. The summed E-state index contributed by atoms with van der Waals surface area (Å²) in [6.07, 6.45) is 0. The van der Waals surface area contributed by atoms with Gasteiger partial charge in [-0.15, -0.1) is 23.1 Å². The topological polar surface area (TPSA) is 83.8 Å². The van der Waals surface area contributed by atoms with Crippen LogP contribution in [0.2, 0.25) is 0 Å². The standard InChI is InChI=1S/C24H20N4O2S2/c1-14-11-16(30-28-14)12-31-21-10-6-4-8-18(21)23(29)27-24-26-20(13-32-24)22-15(2)25-19-9-5-3-7-17(19)22/h3-11,13,25H,12H2,1-2H3,(H,26,27,29). The number of carbonyl (C=O) groups is 1. The first-order chi connectivity index (χ1) is 15.6. The number of aryl methyl sites for hydroxylation is 2. The van der Waals surface area contributed by atoms with Gasteiger partial charge in [-0.2, -0.15) is 0 Å². The van der Waals surface area contributed by atoms with Crippen molar-refractivity contribution in [2.45, 2.75) is 24.5 Å². The van der Waals surface area contributed by atoms with Crippen molar-refractivity contribution < 1.29 is 9.32 Å². The van der Waals surface area contributed by atoms with Crippen LogP contribution in [0.25, 0.3) is 22.2 Å². The Morgan fingerprint density at radius 3 is 2.81 bits per heavy atom. The van der Waals surface area contributed by atoms with Crippen molar-refractivity contribution >= 4 is 45.0 Å². The fraction of sp³-hybridized carbons (Fsp3) is 0.125. The molecule has 160 valence electrons. The Labute approximate surface area is 193 Å². The Balaban J connectivity index is 1.35. The van der Waals surface area contributed by atoms with Crippen molar-refractivity contribution in [1.29, 1.82) is 0 Å². The summed E-state index contributed by atoms with van der Waals surface area (Å²) in [7, 11) is 0. The number of hydrogen-bond acceptors (Lipinski definition) is 6. The number of hydrogen-bond donors (Lipinski definition) is 2. The number of amides is 1. The van der Waals surface area contributed by atoms with Crippen LogP contribution in [-0.2, 0) is 5.75 Å². The van der Waals surface area contributed by atoms with Crippen LogP contribution in [0.3, 0.4) is 0 Å². The van der Waals surface area contributed by atoms with E-state index < -0.39 is 0 Å². The summed E-state index contributed by atoms with van der Waals surface area (Å²) in [5.74, 6) is 1.20. The lowest BCUT2D eigenvalue weighted by molar-refractivity contribution is 0.102. The lowest BCUT2D eigenvalue weighted by Crippen LogP contribution is -2.12. The van der Waals surface area contributed by atoms with Gasteiger partial charge in [0.05, 0.1) is 22.7 Å². The zero-order valence-corrected chi connectivity index (χ0v) is 19.1. The van der Waals surface area contributed by atoms with Gasteiger partial charge >= 0.3 is 0 Å². The van der Waals surface area contributed by atoms with Crippen LogP contribution in [-0.4, -0.2) is 21.0 Å². The predicted molar refractivity (Wildman–Crippen MR) is 129 cm³/mol. The Morgan fingerprint density at radius 1 is 1.16 bits per heavy atom. The van der Waals surface area contributed by atoms with E-state index in [1.165, 1.54) is 11.3 Å². The lowest BCUT2D eigenvalue weighted by Gasteiger charge is -2.07. The molecule has 0 saturated heterocycles. The predicted octanol–water partition coefficient (Wildman–Crippen LogP) is 6.44. The van der Waals surface area contributed by atoms with Gasteiger partial charge in [0.2, 0.25) is 0 Å². The zero-order valence-electron chi connectivity index (χ0n) is 17.5. The van der Waals surface area contributed by atoms with Gasteiger partial charge < -0.3 is 9.51 Å². The Hall–Kier alpha value is -3.36. The highest BCUT2D eigenvalue weighted by Gasteiger charge is 2.17. The Morgan fingerprint density at radius 2 is 1.97 bits per heavy atom. The van der Waals surface area contributed by atoms with Crippen LogP contribution in [0.1, 0.15) is 27.5 Å². The molecule has 6 nitrogen and oxygen atoms in total. The lowest BCUT2D eigenvalue weighted by atomic mass is 10.1. The maximum absolute atomic E-state index is 13.0. The summed E-state index contributed by atoms with van der Waals surface area (Å²) < 4.78 is 5.28. The highest BCUT2D eigenvalue weighted by molar-refractivity contribution is 7.98. The molecule has 0 fully saturated rings. The minimum absolute atomic E-state index is 0.182. The third-order valence-electron chi connectivity index (χ3n) is 5.05. The van der Waals surface area contributed by atoms with E-state index in [-0.39, 0.29) is 5.91 Å². The average molecular weight is 461 g/mol. The second kappa shape index (κ2) is 8.64. The molecule has 2 N–H and O–H groups in total. The first-order valence-electron chi connectivity index (χ1n) is 10.1. The minimum Gasteiger partial charge on any atom is -0.360 e. The van der Waals surface area contributed by atoms with Crippen molar-refractivity contribution in [1.82, 2.24) is 15.1 Å². The molecular weight excluding hydrogens is 440 g/mol. The minimum atomic E-state index is -0.182. The zero-order chi connectivity index (χ0) is 22.1. The van der Waals surface area contributed by atoms with E-state index in [9.17, 15) is 4.79 Å². The van der Waals surface area contributed by atoms with Crippen LogP contribution >= 0.6 is 23.1 Å². The van der Waals surface area contributed by atoms with Gasteiger partial charge in [0.1, 0.15) is 5.76 Å². The monoisotopic (exact) mass is 460 g/mol. The summed E-state index contributed by atoms with van der Waals surface area (Å²) in [6.45, 7) is 3.93. The largest absolute Gasteiger partial charge is 0.360 e. The molecule has 8 heteroatoms. The Kier molecular flexibility index (Phi) is 5.55. The van der Waals surface area contributed by atoms with E-state index in [4.69, 9.17) is 9.51 Å². The van der Waals surface area contributed by atoms with Crippen molar-refractivity contribution in [2.24, 2.45) is 0 Å². The number of nitrogens with zero attached hydrogens (tertiary/aromatic N) is 2. The van der Waals surface area contributed by atoms with E-state index in [0.29, 0.717) is 16.4 Å². The first kappa shape index (κ1) is 20.5. The van der Waals surface area contributed by atoms with Gasteiger partial charge in [0.15, 0.2) is 5.13 Å². The highest BCUT2D eigenvalue weighted by atomic mass is 32.2. The van der Waals surface area contributed by atoms with Gasteiger partial charge in [0.25, 0.3) is 5.91 Å². The number of H-pyrrole nitrogens is 1. The third-order valence-corrected chi connectivity index (χ3v) is 6.91. The molecule has 0 aliphatic heterocycles. The number of para-hydroxylation sites is 1. The van der Waals surface area contributed by atoms with Gasteiger partial charge in [-0.05, 0) is 32.0 Å². The molecular formula is C24H20N4O2S2. The van der Waals surface area contributed by atoms with Crippen molar-refractivity contribution in [2.75, 3.05) is 5.32 Å². The Bertz CT molecular complexity index is 1420. The molecule has 32 heavy (non-hydrogen) atoms. The van der Waals surface area contributed by atoms with E-state index in [1.54, 1.807) is 11.8 Å². The summed E-state index contributed by atoms with van der Waals surface area (Å²) in [6, 6.07) is 17.6. The molecule has 2 aromatic carbocycles. The number of benzene rings is 2. The number of thiazole rings is 1. The second-order valence-electron chi connectivity index (χ2n) is 7.38. The fourth-order valence-corrected chi connectivity index (χ4v) is 5.25. The van der Waals surface area contributed by atoms with Gasteiger partial charge in [-0.1, -0.05) is 35.5 Å². The number of aromatic amines is 1. The number of nitrogens with one attached hydrogen (secondary N) is 2. The summed E-state index contributed by atoms with van der Waals surface area (Å²) in [5, 5.41) is 10.5. The number of fused-ring (bicyclic) bond motifs is 1. The molecule has 0 saturated carbocycles. The first-order valence-corrected chi connectivity index (χ1v) is 11.9. The summed E-state index contributed by atoms with van der Waals surface area (Å²) in [5.41, 5.74) is 5.50. The molecule has 0 atom stereocenters. The van der Waals surface area contributed by atoms with Crippen LogP contribution < -0.4 is 5.32 Å². The molecule has 0 spiro atoms. The molecule has 5 rings (SSSR count). The van der Waals surface area contributed by atoms with Crippen LogP contribution in [0, 0.1) is 13.8 Å². The maximum Gasteiger partial charge on any atom is 0.258 e. The smallest absolute Gasteiger partial charge is 0.258 e. The van der Waals surface area contributed by atoms with E-state index >= 15 is 0 Å². The number of aromatic nitrogens is 3. The van der Waals surface area contributed by atoms with Crippen LogP contribution in [0.5, 0.6) is 0 Å². The van der Waals surface area contributed by atoms with Crippen molar-refractivity contribution in [3.05, 3.63) is 82.7 Å². The number of carbonyl (C=O) groups excluding carboxylic acids is 1. The fourth-order valence-electron chi connectivity index (χ4n) is 3.63. The molecule has 0 aliphatic rings. The molecule has 0 radical (unpaired) electrons. The average Bonchev–Trinajstić information content (AvgIpc) is 3.50. The summed E-state index contributed by atoms with van der Waals surface area (Å²) in [4.78, 5) is 22.0. The van der Waals surface area contributed by atoms with E-state index in [1.807, 2.05) is 61.7 Å². The van der Waals surface area contributed by atoms with E-state index in [2.05, 4.69) is 27.6 Å². The number of anilines is 1. The quantitative estimate of drug-likeness (QED) is 0.285. The molecule has 3 heterocycles. The van der Waals surface area contributed by atoms with Gasteiger partial charge in [-0.25, -0.2) is 4.98 Å². The van der Waals surface area contributed by atoms with Gasteiger partial charge in [0, 0.05) is 38.5 Å². The SMILES string of the molecule is Cc1cc(CSc2ccccc2C(=O)Nc2nc(-c3c(C)[nH]c4ccccc34)cs2)on1. The molecule has 0 bridgehead atoms. The van der Waals surface area contributed by atoms with Crippen LogP contribution in [0.4, 0.5) is 5.13 Å².